The third-order valence-corrected chi connectivity index (χ3v) is 2.33. The van der Waals surface area contributed by atoms with Gasteiger partial charge >= 0.3 is 12.4 Å². The third-order valence-electron chi connectivity index (χ3n) is 2.33. The molecule has 1 aromatic carbocycles. The van der Waals surface area contributed by atoms with Crippen LogP contribution in [-0.4, -0.2) is 9.78 Å². The maximum atomic E-state index is 12.7. The van der Waals surface area contributed by atoms with Gasteiger partial charge in [0.15, 0.2) is 0 Å². The summed E-state index contributed by atoms with van der Waals surface area (Å²) in [5, 5.41) is 3.48. The van der Waals surface area contributed by atoms with Crippen molar-refractivity contribution in [3.05, 3.63) is 47.8 Å². The van der Waals surface area contributed by atoms with E-state index in [9.17, 15) is 26.3 Å². The van der Waals surface area contributed by atoms with Crippen molar-refractivity contribution >= 4 is 0 Å². The average Bonchev–Trinajstić information content (AvgIpc) is 2.79. The van der Waals surface area contributed by atoms with Crippen molar-refractivity contribution in [3.8, 4) is 5.69 Å². The van der Waals surface area contributed by atoms with Crippen molar-refractivity contribution in [2.24, 2.45) is 0 Å². The van der Waals surface area contributed by atoms with E-state index in [1.54, 1.807) is 0 Å². The molecule has 2 rings (SSSR count). The van der Waals surface area contributed by atoms with Crippen LogP contribution < -0.4 is 0 Å². The summed E-state index contributed by atoms with van der Waals surface area (Å²) < 4.78 is 76.5. The summed E-state index contributed by atoms with van der Waals surface area (Å²) in [4.78, 5) is 0. The zero-order chi connectivity index (χ0) is 14.3. The Morgan fingerprint density at radius 2 is 1.68 bits per heavy atom. The van der Waals surface area contributed by atoms with Crippen LogP contribution in [-0.2, 0) is 12.4 Å². The molecule has 0 fully saturated rings. The molecular weight excluding hydrogens is 274 g/mol. The number of hydrogen-bond donors (Lipinski definition) is 0. The van der Waals surface area contributed by atoms with Crippen molar-refractivity contribution in [2.75, 3.05) is 0 Å². The molecule has 0 aliphatic carbocycles. The van der Waals surface area contributed by atoms with Crippen molar-refractivity contribution in [2.45, 2.75) is 12.4 Å². The number of hydrogen-bond acceptors (Lipinski definition) is 1. The van der Waals surface area contributed by atoms with Crippen molar-refractivity contribution < 1.29 is 26.3 Å². The SMILES string of the molecule is FC(F)(F)c1ccc(C(F)(F)F)c(-n2c[c]cn2)c1. The Hall–Kier alpha value is -1.99. The molecular formula is C11H5F6N2. The predicted molar refractivity (Wildman–Crippen MR) is 52.4 cm³/mol. The van der Waals surface area contributed by atoms with Gasteiger partial charge in [-0.05, 0) is 18.2 Å². The van der Waals surface area contributed by atoms with E-state index in [-0.39, 0.29) is 0 Å². The van der Waals surface area contributed by atoms with Gasteiger partial charge in [0.1, 0.15) is 0 Å². The lowest BCUT2D eigenvalue weighted by Gasteiger charge is -2.15. The molecule has 0 aliphatic heterocycles. The van der Waals surface area contributed by atoms with Crippen LogP contribution in [0.2, 0.25) is 0 Å². The molecule has 0 bridgehead atoms. The summed E-state index contributed by atoms with van der Waals surface area (Å²) >= 11 is 0. The maximum Gasteiger partial charge on any atom is 0.418 e. The molecule has 0 N–H and O–H groups in total. The van der Waals surface area contributed by atoms with Crippen LogP contribution in [0.1, 0.15) is 11.1 Å². The van der Waals surface area contributed by atoms with Gasteiger partial charge in [-0.3, -0.25) is 0 Å². The molecule has 1 heterocycles. The molecule has 0 saturated heterocycles. The lowest BCUT2D eigenvalue weighted by Crippen LogP contribution is -2.14. The molecule has 0 saturated carbocycles. The Labute approximate surface area is 103 Å². The molecule has 2 aromatic rings. The first-order valence-electron chi connectivity index (χ1n) is 4.89. The van der Waals surface area contributed by atoms with Gasteiger partial charge in [0.2, 0.25) is 0 Å². The minimum atomic E-state index is -4.77. The molecule has 19 heavy (non-hydrogen) atoms. The van der Waals surface area contributed by atoms with Gasteiger partial charge in [-0.2, -0.15) is 31.4 Å². The minimum absolute atomic E-state index is 0.388. The zero-order valence-corrected chi connectivity index (χ0v) is 9.05. The Bertz CT molecular complexity index is 568. The fourth-order valence-electron chi connectivity index (χ4n) is 1.50. The van der Waals surface area contributed by atoms with Gasteiger partial charge in [-0.1, -0.05) is 0 Å². The monoisotopic (exact) mass is 279 g/mol. The molecule has 0 amide bonds. The Morgan fingerprint density at radius 3 is 2.16 bits per heavy atom. The van der Waals surface area contributed by atoms with Gasteiger partial charge in [0.25, 0.3) is 0 Å². The van der Waals surface area contributed by atoms with Crippen LogP contribution in [0.3, 0.4) is 0 Å². The lowest BCUT2D eigenvalue weighted by atomic mass is 10.1. The van der Waals surface area contributed by atoms with Crippen LogP contribution >= 0.6 is 0 Å². The van der Waals surface area contributed by atoms with E-state index in [0.29, 0.717) is 22.9 Å². The van der Waals surface area contributed by atoms with E-state index in [4.69, 9.17) is 0 Å². The Kier molecular flexibility index (Phi) is 3.03. The lowest BCUT2D eigenvalue weighted by molar-refractivity contribution is -0.141. The highest BCUT2D eigenvalue weighted by Gasteiger charge is 2.37. The summed E-state index contributed by atoms with van der Waals surface area (Å²) in [5.41, 5.74) is -3.06. The normalized spacial score (nSPS) is 12.7. The minimum Gasteiger partial charge on any atom is -0.240 e. The molecule has 8 heteroatoms. The molecule has 2 nitrogen and oxygen atoms in total. The average molecular weight is 279 g/mol. The van der Waals surface area contributed by atoms with Crippen LogP contribution in [0, 0.1) is 6.07 Å². The van der Waals surface area contributed by atoms with Crippen LogP contribution in [0.4, 0.5) is 26.3 Å². The summed E-state index contributed by atoms with van der Waals surface area (Å²) in [5.74, 6) is 0. The van der Waals surface area contributed by atoms with Gasteiger partial charge in [-0.25, -0.2) is 4.68 Å². The van der Waals surface area contributed by atoms with Crippen molar-refractivity contribution in [1.29, 1.82) is 0 Å². The second-order valence-electron chi connectivity index (χ2n) is 3.61. The highest BCUT2D eigenvalue weighted by molar-refractivity contribution is 5.45. The van der Waals surface area contributed by atoms with Crippen LogP contribution in [0.25, 0.3) is 5.69 Å². The maximum absolute atomic E-state index is 12.7. The van der Waals surface area contributed by atoms with Gasteiger partial charge in [0, 0.05) is 12.3 Å². The summed E-state index contributed by atoms with van der Waals surface area (Å²) in [6.45, 7) is 0. The number of halogens is 6. The number of nitrogens with zero attached hydrogens (tertiary/aromatic N) is 2. The number of alkyl halides is 6. The molecule has 0 atom stereocenters. The van der Waals surface area contributed by atoms with Gasteiger partial charge < -0.3 is 0 Å². The molecule has 101 valence electrons. The number of rotatable bonds is 1. The van der Waals surface area contributed by atoms with Crippen LogP contribution in [0.5, 0.6) is 0 Å². The largest absolute Gasteiger partial charge is 0.418 e. The van der Waals surface area contributed by atoms with E-state index < -0.39 is 29.2 Å². The van der Waals surface area contributed by atoms with E-state index in [1.807, 2.05) is 0 Å². The molecule has 1 radical (unpaired) electrons. The topological polar surface area (TPSA) is 17.8 Å². The first-order chi connectivity index (χ1) is 8.69. The Balaban J connectivity index is 2.65. The van der Waals surface area contributed by atoms with E-state index in [1.165, 1.54) is 0 Å². The Morgan fingerprint density at radius 1 is 1.00 bits per heavy atom. The zero-order valence-electron chi connectivity index (χ0n) is 9.05. The highest BCUT2D eigenvalue weighted by Crippen LogP contribution is 2.37. The fraction of sp³-hybridized carbons (Fsp3) is 0.182. The van der Waals surface area contributed by atoms with Crippen molar-refractivity contribution in [1.82, 2.24) is 9.78 Å². The van der Waals surface area contributed by atoms with Crippen LogP contribution in [0.15, 0.2) is 30.6 Å². The molecule has 0 aliphatic rings. The molecule has 1 aromatic heterocycles. The predicted octanol–water partition coefficient (Wildman–Crippen LogP) is 3.71. The first-order valence-corrected chi connectivity index (χ1v) is 4.89. The molecule has 0 spiro atoms. The second kappa shape index (κ2) is 4.29. The van der Waals surface area contributed by atoms with E-state index in [2.05, 4.69) is 11.2 Å². The molecule has 0 unspecified atom stereocenters. The van der Waals surface area contributed by atoms with Gasteiger partial charge in [-0.15, -0.1) is 0 Å². The number of benzene rings is 1. The van der Waals surface area contributed by atoms with E-state index >= 15 is 0 Å². The van der Waals surface area contributed by atoms with E-state index in [0.717, 1.165) is 12.4 Å². The van der Waals surface area contributed by atoms with Crippen molar-refractivity contribution in [3.63, 3.8) is 0 Å². The number of aromatic nitrogens is 2. The first kappa shape index (κ1) is 13.4. The quantitative estimate of drug-likeness (QED) is 0.728. The van der Waals surface area contributed by atoms with Gasteiger partial charge in [0.05, 0.1) is 23.0 Å². The smallest absolute Gasteiger partial charge is 0.240 e. The summed E-state index contributed by atoms with van der Waals surface area (Å²) in [6, 6.07) is 3.55. The summed E-state index contributed by atoms with van der Waals surface area (Å²) in [7, 11) is 0. The third kappa shape index (κ3) is 2.72. The second-order valence-corrected chi connectivity index (χ2v) is 3.61. The standard InChI is InChI=1S/C11H5F6N2/c12-10(13,14)7-2-3-8(11(15,16)17)9(6-7)19-5-1-4-18-19/h2-6H. The highest BCUT2D eigenvalue weighted by atomic mass is 19.4. The fourth-order valence-corrected chi connectivity index (χ4v) is 1.50. The summed E-state index contributed by atoms with van der Waals surface area (Å²) in [6.07, 6.45) is -7.42.